The molecule has 0 aromatic heterocycles. The summed E-state index contributed by atoms with van der Waals surface area (Å²) in [6, 6.07) is 1.95. The lowest BCUT2D eigenvalue weighted by Gasteiger charge is -2.36. The highest BCUT2D eigenvalue weighted by Crippen LogP contribution is 2.49. The van der Waals surface area contributed by atoms with Crippen molar-refractivity contribution in [1.82, 2.24) is 9.80 Å². The first-order chi connectivity index (χ1) is 18.8. The van der Waals surface area contributed by atoms with Gasteiger partial charge in [0, 0.05) is 33.0 Å². The molecule has 0 spiro atoms. The van der Waals surface area contributed by atoms with Crippen LogP contribution in [0.25, 0.3) is 10.8 Å². The second-order valence-corrected chi connectivity index (χ2v) is 9.02. The van der Waals surface area contributed by atoms with Gasteiger partial charge in [0.15, 0.2) is 0 Å². The number of rotatable bonds is 6. The van der Waals surface area contributed by atoms with Crippen LogP contribution in [0.2, 0.25) is 0 Å². The number of benzene rings is 2. The fourth-order valence-corrected chi connectivity index (χ4v) is 4.27. The van der Waals surface area contributed by atoms with Crippen LogP contribution in [0.4, 0.5) is 61.5 Å². The average molecular weight is 630 g/mol. The van der Waals surface area contributed by atoms with Gasteiger partial charge in [0.25, 0.3) is 23.6 Å². The topological polar surface area (TPSA) is 74.8 Å². The van der Waals surface area contributed by atoms with E-state index in [0.29, 0.717) is 24.3 Å². The van der Waals surface area contributed by atoms with E-state index < -0.39 is 116 Å². The second-order valence-electron chi connectivity index (χ2n) is 9.02. The van der Waals surface area contributed by atoms with Crippen LogP contribution in [0.15, 0.2) is 24.3 Å². The van der Waals surface area contributed by atoms with Gasteiger partial charge in [0.05, 0.1) is 13.1 Å². The summed E-state index contributed by atoms with van der Waals surface area (Å²) < 4.78 is 185. The highest BCUT2D eigenvalue weighted by molar-refractivity contribution is 6.33. The van der Waals surface area contributed by atoms with Crippen molar-refractivity contribution >= 4 is 34.4 Å². The maximum absolute atomic E-state index is 14.0. The van der Waals surface area contributed by atoms with Crippen LogP contribution in [0.5, 0.6) is 0 Å². The molecule has 0 saturated heterocycles. The van der Waals surface area contributed by atoms with Gasteiger partial charge in [-0.25, -0.2) is 0 Å². The Bertz CT molecular complexity index is 1380. The highest BCUT2D eigenvalue weighted by Gasteiger charge is 2.74. The zero-order valence-corrected chi connectivity index (χ0v) is 19.5. The molecule has 2 aliphatic heterocycles. The standard InChI is InChI=1S/C22H8F14N2O4/c23-17(24,19(27,28)21(31,32)33)5-37-13(39)7-1-2-8-12-10(4-3-9(11(7)12)15(37)41)16(42)38(14(8)40)6-18(25,26)20(29,30)22(34,35)36/h1-4H,5-6H2. The summed E-state index contributed by atoms with van der Waals surface area (Å²) in [6.45, 7) is -5.59. The molecule has 0 atom stereocenters. The first-order valence-electron chi connectivity index (χ1n) is 10.8. The van der Waals surface area contributed by atoms with Crippen LogP contribution < -0.4 is 0 Å². The fraction of sp³-hybridized carbons (Fsp3) is 0.364. The highest BCUT2D eigenvalue weighted by atomic mass is 19.4. The molecule has 42 heavy (non-hydrogen) atoms. The van der Waals surface area contributed by atoms with Crippen LogP contribution in [-0.2, 0) is 0 Å². The van der Waals surface area contributed by atoms with Crippen molar-refractivity contribution in [3.63, 3.8) is 0 Å². The second kappa shape index (κ2) is 8.76. The largest absolute Gasteiger partial charge is 0.459 e. The Labute approximate surface area is 221 Å². The van der Waals surface area contributed by atoms with E-state index in [4.69, 9.17) is 0 Å². The van der Waals surface area contributed by atoms with Gasteiger partial charge in [-0.2, -0.15) is 61.5 Å². The Morgan fingerprint density at radius 2 is 0.643 bits per heavy atom. The van der Waals surface area contributed by atoms with Crippen molar-refractivity contribution in [2.24, 2.45) is 0 Å². The van der Waals surface area contributed by atoms with E-state index >= 15 is 0 Å². The monoisotopic (exact) mass is 630 g/mol. The number of hydrogen-bond acceptors (Lipinski definition) is 4. The lowest BCUT2D eigenvalue weighted by atomic mass is 9.85. The summed E-state index contributed by atoms with van der Waals surface area (Å²) >= 11 is 0. The molecule has 0 unspecified atom stereocenters. The van der Waals surface area contributed by atoms with Gasteiger partial charge in [0.2, 0.25) is 0 Å². The molecule has 0 bridgehead atoms. The van der Waals surface area contributed by atoms with Gasteiger partial charge in [-0.1, -0.05) is 0 Å². The van der Waals surface area contributed by atoms with Crippen LogP contribution in [0, 0.1) is 0 Å². The molecule has 228 valence electrons. The molecule has 4 amide bonds. The van der Waals surface area contributed by atoms with E-state index in [9.17, 15) is 80.6 Å². The van der Waals surface area contributed by atoms with E-state index in [-0.39, 0.29) is 0 Å². The molecule has 0 radical (unpaired) electrons. The minimum atomic E-state index is -6.81. The quantitative estimate of drug-likeness (QED) is 0.304. The van der Waals surface area contributed by atoms with Crippen molar-refractivity contribution in [2.75, 3.05) is 13.1 Å². The molecule has 0 saturated carbocycles. The van der Waals surface area contributed by atoms with Crippen molar-refractivity contribution in [3.8, 4) is 0 Å². The first kappa shape index (κ1) is 30.9. The lowest BCUT2D eigenvalue weighted by Crippen LogP contribution is -2.59. The van der Waals surface area contributed by atoms with E-state index in [2.05, 4.69) is 0 Å². The number of imide groups is 2. The van der Waals surface area contributed by atoms with Gasteiger partial charge < -0.3 is 0 Å². The predicted octanol–water partition coefficient (Wildman–Crippen LogP) is 5.70. The van der Waals surface area contributed by atoms with Crippen molar-refractivity contribution in [1.29, 1.82) is 0 Å². The Hall–Kier alpha value is -4.00. The Balaban J connectivity index is 1.79. The SMILES string of the molecule is O=C1c2ccc3c4c(ccc(c24)C(=O)N1CC(F)(F)C(F)(F)C(F)(F)F)C(=O)N(CC(F)(F)C(F)(F)C(F)(F)F)C3=O. The van der Waals surface area contributed by atoms with Gasteiger partial charge in [0.1, 0.15) is 0 Å². The Morgan fingerprint density at radius 1 is 0.429 bits per heavy atom. The van der Waals surface area contributed by atoms with Crippen LogP contribution in [0.3, 0.4) is 0 Å². The third-order valence-corrected chi connectivity index (χ3v) is 6.41. The zero-order chi connectivity index (χ0) is 32.2. The van der Waals surface area contributed by atoms with E-state index in [1.54, 1.807) is 0 Å². The van der Waals surface area contributed by atoms with E-state index in [1.165, 1.54) is 0 Å². The lowest BCUT2D eigenvalue weighted by molar-refractivity contribution is -0.354. The molecule has 20 heteroatoms. The van der Waals surface area contributed by atoms with Crippen LogP contribution in [0.1, 0.15) is 41.4 Å². The molecule has 6 nitrogen and oxygen atoms in total. The number of alkyl halides is 14. The summed E-state index contributed by atoms with van der Waals surface area (Å²) in [4.78, 5) is 49.8. The van der Waals surface area contributed by atoms with Crippen molar-refractivity contribution in [2.45, 2.75) is 36.0 Å². The first-order valence-corrected chi connectivity index (χ1v) is 10.8. The van der Waals surface area contributed by atoms with Gasteiger partial charge in [-0.15, -0.1) is 0 Å². The third kappa shape index (κ3) is 4.08. The molecular weight excluding hydrogens is 622 g/mol. The number of amides is 4. The number of halogens is 14. The zero-order valence-electron chi connectivity index (χ0n) is 19.5. The fourth-order valence-electron chi connectivity index (χ4n) is 4.27. The van der Waals surface area contributed by atoms with Gasteiger partial charge in [-0.3, -0.25) is 29.0 Å². The van der Waals surface area contributed by atoms with Crippen molar-refractivity contribution in [3.05, 3.63) is 46.5 Å². The van der Waals surface area contributed by atoms with Gasteiger partial charge >= 0.3 is 36.0 Å². The Kier molecular flexibility index (Phi) is 6.45. The van der Waals surface area contributed by atoms with Crippen molar-refractivity contribution < 1.29 is 80.6 Å². The summed E-state index contributed by atoms with van der Waals surface area (Å²) in [5.74, 6) is -33.2. The average Bonchev–Trinajstić information content (AvgIpc) is 2.84. The van der Waals surface area contributed by atoms with E-state index in [0.717, 1.165) is 0 Å². The molecule has 4 rings (SSSR count). The summed E-state index contributed by atoms with van der Waals surface area (Å²) in [7, 11) is 0. The number of carbonyl (C=O) groups is 4. The molecule has 2 aliphatic rings. The summed E-state index contributed by atoms with van der Waals surface area (Å²) in [5.41, 5.74) is -3.67. The third-order valence-electron chi connectivity index (χ3n) is 6.41. The molecule has 0 aliphatic carbocycles. The molecule has 2 aromatic carbocycles. The van der Waals surface area contributed by atoms with E-state index in [1.807, 2.05) is 0 Å². The smallest absolute Gasteiger partial charge is 0.269 e. The predicted molar refractivity (Wildman–Crippen MR) is 107 cm³/mol. The number of nitrogens with zero attached hydrogens (tertiary/aromatic N) is 2. The maximum Gasteiger partial charge on any atom is 0.459 e. The molecule has 2 aromatic rings. The van der Waals surface area contributed by atoms with Crippen LogP contribution in [-0.4, -0.2) is 82.6 Å². The van der Waals surface area contributed by atoms with Gasteiger partial charge in [-0.05, 0) is 24.3 Å². The number of carbonyl (C=O) groups excluding carboxylic acids is 4. The minimum Gasteiger partial charge on any atom is -0.269 e. The maximum atomic E-state index is 14.0. The molecule has 0 fully saturated rings. The Morgan fingerprint density at radius 3 is 0.833 bits per heavy atom. The summed E-state index contributed by atoms with van der Waals surface area (Å²) in [6.07, 6.45) is -13.6. The minimum absolute atomic E-state index is 0.487. The molecular formula is C22H8F14N2O4. The molecule has 0 N–H and O–H groups in total. The molecule has 2 heterocycles. The summed E-state index contributed by atoms with van der Waals surface area (Å²) in [5, 5.41) is -1.51. The number of hydrogen-bond donors (Lipinski definition) is 0. The van der Waals surface area contributed by atoms with Crippen LogP contribution >= 0.6 is 0 Å². The normalized spacial score (nSPS) is 17.1.